The summed E-state index contributed by atoms with van der Waals surface area (Å²) < 4.78 is 5.41. The van der Waals surface area contributed by atoms with Crippen LogP contribution in [0.1, 0.15) is 0 Å². The molecular formula is C7H8BIN2O3. The third-order valence-electron chi connectivity index (χ3n) is 1.56. The third kappa shape index (κ3) is 2.84. The van der Waals surface area contributed by atoms with Crippen molar-refractivity contribution < 1.29 is 9.58 Å². The number of nitro benzene ring substituents is 1. The lowest BCUT2D eigenvalue weighted by molar-refractivity contribution is -0.385. The Morgan fingerprint density at radius 2 is 2.36 bits per heavy atom. The van der Waals surface area contributed by atoms with E-state index in [-0.39, 0.29) is 5.69 Å². The first kappa shape index (κ1) is 11.3. The van der Waals surface area contributed by atoms with Gasteiger partial charge in [-0.15, -0.1) is 0 Å². The Labute approximate surface area is 95.4 Å². The van der Waals surface area contributed by atoms with Crippen molar-refractivity contribution in [2.45, 2.75) is 0 Å². The van der Waals surface area contributed by atoms with Crippen molar-refractivity contribution in [3.05, 3.63) is 31.9 Å². The van der Waals surface area contributed by atoms with Gasteiger partial charge < -0.3 is 9.88 Å². The van der Waals surface area contributed by atoms with Crippen LogP contribution in [0, 0.1) is 13.7 Å². The summed E-state index contributed by atoms with van der Waals surface area (Å²) in [7, 11) is 1.88. The smallest absolute Gasteiger partial charge is 0.393 e. The highest BCUT2D eigenvalue weighted by Crippen LogP contribution is 2.24. The number of rotatable bonds is 4. The number of nitrogens with zero attached hydrogens (tertiary/aromatic N) is 1. The predicted octanol–water partition coefficient (Wildman–Crippen LogP) is 1.52. The Bertz CT molecular complexity index is 348. The van der Waals surface area contributed by atoms with Crippen LogP contribution >= 0.6 is 22.6 Å². The molecule has 7 heteroatoms. The van der Waals surface area contributed by atoms with Crippen LogP contribution in [-0.2, 0) is 4.65 Å². The molecule has 0 unspecified atom stereocenters. The van der Waals surface area contributed by atoms with Gasteiger partial charge >= 0.3 is 7.62 Å². The van der Waals surface area contributed by atoms with Crippen molar-refractivity contribution in [1.29, 1.82) is 0 Å². The van der Waals surface area contributed by atoms with Gasteiger partial charge in [-0.1, -0.05) is 0 Å². The summed E-state index contributed by atoms with van der Waals surface area (Å²) in [5, 5.41) is 13.5. The molecule has 0 aromatic heterocycles. The first-order valence-electron chi connectivity index (χ1n) is 3.82. The van der Waals surface area contributed by atoms with Crippen molar-refractivity contribution in [3.8, 4) is 0 Å². The highest BCUT2D eigenvalue weighted by atomic mass is 127. The molecule has 0 bridgehead atoms. The van der Waals surface area contributed by atoms with E-state index in [2.05, 4.69) is 5.23 Å². The molecule has 0 saturated heterocycles. The molecule has 74 valence electrons. The molecule has 1 rings (SSSR count). The van der Waals surface area contributed by atoms with Crippen LogP contribution in [0.5, 0.6) is 0 Å². The monoisotopic (exact) mass is 306 g/mol. The zero-order valence-corrected chi connectivity index (χ0v) is 9.65. The van der Waals surface area contributed by atoms with Gasteiger partial charge in [0.05, 0.1) is 8.49 Å². The lowest BCUT2D eigenvalue weighted by Gasteiger charge is -2.03. The van der Waals surface area contributed by atoms with Crippen LogP contribution in [0.4, 0.5) is 11.4 Å². The van der Waals surface area contributed by atoms with Crippen LogP contribution in [0.3, 0.4) is 0 Å². The van der Waals surface area contributed by atoms with Gasteiger partial charge in [0, 0.05) is 18.9 Å². The fraction of sp³-hybridized carbons (Fsp3) is 0.143. The van der Waals surface area contributed by atoms with Crippen LogP contribution in [0.15, 0.2) is 18.2 Å². The van der Waals surface area contributed by atoms with E-state index in [1.807, 2.05) is 22.6 Å². The summed E-state index contributed by atoms with van der Waals surface area (Å²) in [5.41, 5.74) is 0.783. The molecule has 14 heavy (non-hydrogen) atoms. The van der Waals surface area contributed by atoms with E-state index in [1.165, 1.54) is 6.07 Å². The summed E-state index contributed by atoms with van der Waals surface area (Å²) in [4.78, 5) is 10.2. The van der Waals surface area contributed by atoms with Crippen molar-refractivity contribution in [2.75, 3.05) is 12.3 Å². The molecule has 0 aliphatic heterocycles. The van der Waals surface area contributed by atoms with E-state index in [0.717, 1.165) is 0 Å². The van der Waals surface area contributed by atoms with Crippen molar-refractivity contribution >= 4 is 41.6 Å². The minimum Gasteiger partial charge on any atom is -0.422 e. The van der Waals surface area contributed by atoms with Crippen LogP contribution < -0.4 is 5.23 Å². The van der Waals surface area contributed by atoms with Crippen molar-refractivity contribution in [3.63, 3.8) is 0 Å². The molecule has 0 saturated carbocycles. The first-order valence-corrected chi connectivity index (χ1v) is 4.89. The quantitative estimate of drug-likeness (QED) is 0.396. The molecule has 5 nitrogen and oxygen atoms in total. The molecule has 0 spiro atoms. The summed E-state index contributed by atoms with van der Waals surface area (Å²) >= 11 is 1.93. The molecule has 0 amide bonds. The Morgan fingerprint density at radius 3 is 2.93 bits per heavy atom. The maximum Gasteiger partial charge on any atom is 0.393 e. The number of nitro groups is 1. The Hall–Kier alpha value is -0.825. The zero-order chi connectivity index (χ0) is 10.6. The van der Waals surface area contributed by atoms with Gasteiger partial charge in [-0.2, -0.15) is 0 Å². The second-order valence-electron chi connectivity index (χ2n) is 2.53. The molecule has 0 radical (unpaired) electrons. The second kappa shape index (κ2) is 5.15. The van der Waals surface area contributed by atoms with E-state index in [0.29, 0.717) is 16.9 Å². The van der Waals surface area contributed by atoms with Gasteiger partial charge in [-0.3, -0.25) is 10.1 Å². The molecule has 1 aromatic carbocycles. The second-order valence-corrected chi connectivity index (χ2v) is 3.70. The van der Waals surface area contributed by atoms with Gasteiger partial charge in [0.15, 0.2) is 0 Å². The summed E-state index contributed by atoms with van der Waals surface area (Å²) in [6, 6.07) is 4.95. The van der Waals surface area contributed by atoms with Crippen molar-refractivity contribution in [2.24, 2.45) is 0 Å². The molecule has 0 aliphatic carbocycles. The Morgan fingerprint density at radius 1 is 1.64 bits per heavy atom. The van der Waals surface area contributed by atoms with Gasteiger partial charge in [-0.05, 0) is 34.7 Å². The summed E-state index contributed by atoms with van der Waals surface area (Å²) in [6.07, 6.45) is 0. The van der Waals surface area contributed by atoms with Gasteiger partial charge in [0.25, 0.3) is 5.69 Å². The normalized spacial score (nSPS) is 9.57. The van der Waals surface area contributed by atoms with Crippen molar-refractivity contribution in [1.82, 2.24) is 0 Å². The molecular weight excluding hydrogens is 298 g/mol. The highest BCUT2D eigenvalue weighted by molar-refractivity contribution is 14.1. The van der Waals surface area contributed by atoms with Crippen LogP contribution in [0.25, 0.3) is 0 Å². The van der Waals surface area contributed by atoms with Gasteiger partial charge in [0.2, 0.25) is 0 Å². The van der Waals surface area contributed by atoms with Gasteiger partial charge in [-0.25, -0.2) is 0 Å². The molecule has 0 fully saturated rings. The van der Waals surface area contributed by atoms with Crippen LogP contribution in [-0.4, -0.2) is 19.7 Å². The fourth-order valence-electron chi connectivity index (χ4n) is 0.918. The summed E-state index contributed by atoms with van der Waals surface area (Å²) in [6.45, 7) is 0. The average Bonchev–Trinajstić information content (AvgIpc) is 2.16. The molecule has 0 atom stereocenters. The Kier molecular flexibility index (Phi) is 4.14. The maximum absolute atomic E-state index is 10.6. The number of anilines is 1. The topological polar surface area (TPSA) is 64.4 Å². The van der Waals surface area contributed by atoms with E-state index in [1.54, 1.807) is 19.2 Å². The minimum absolute atomic E-state index is 0.103. The van der Waals surface area contributed by atoms with Gasteiger partial charge in [0.1, 0.15) is 0 Å². The lowest BCUT2D eigenvalue weighted by Crippen LogP contribution is -2.08. The zero-order valence-electron chi connectivity index (χ0n) is 7.49. The average molecular weight is 306 g/mol. The van der Waals surface area contributed by atoms with E-state index in [9.17, 15) is 10.1 Å². The molecule has 0 aliphatic rings. The highest BCUT2D eigenvalue weighted by Gasteiger charge is 2.11. The van der Waals surface area contributed by atoms with Crippen LogP contribution in [0.2, 0.25) is 0 Å². The first-order chi connectivity index (χ1) is 6.65. The molecule has 1 N–H and O–H groups in total. The standard InChI is InChI=1S/C7H8BIN2O3/c1-14-8-10-5-2-3-6(9)7(4-5)11(12)13/h2-4,8,10H,1H3. The third-order valence-corrected chi connectivity index (χ3v) is 2.48. The fourth-order valence-corrected chi connectivity index (χ4v) is 1.45. The number of nitrogens with one attached hydrogen (secondary N) is 1. The molecule has 1 aromatic rings. The number of halogens is 1. The van der Waals surface area contributed by atoms with E-state index >= 15 is 0 Å². The molecule has 0 heterocycles. The lowest BCUT2D eigenvalue weighted by atomic mass is 10.2. The Balaban J connectivity index is 2.89. The number of benzene rings is 1. The van der Waals surface area contributed by atoms with E-state index < -0.39 is 4.92 Å². The predicted molar refractivity (Wildman–Crippen MR) is 63.6 cm³/mol. The SMILES string of the molecule is COBNc1ccc(I)c([N+](=O)[O-])c1. The summed E-state index contributed by atoms with van der Waals surface area (Å²) in [5.74, 6) is 0. The number of hydrogen-bond acceptors (Lipinski definition) is 4. The largest absolute Gasteiger partial charge is 0.422 e. The maximum atomic E-state index is 10.6. The number of hydrogen-bond donors (Lipinski definition) is 1. The minimum atomic E-state index is -0.403. The van der Waals surface area contributed by atoms with E-state index in [4.69, 9.17) is 4.65 Å².